The van der Waals surface area contributed by atoms with E-state index in [-0.39, 0.29) is 36.5 Å². The molecule has 0 fully saturated rings. The Morgan fingerprint density at radius 3 is 2.52 bits per heavy atom. The lowest BCUT2D eigenvalue weighted by Gasteiger charge is -2.21. The molecule has 0 unspecified atom stereocenters. The van der Waals surface area contributed by atoms with Gasteiger partial charge < -0.3 is 10.2 Å². The average Bonchev–Trinajstić information content (AvgIpc) is 2.63. The third-order valence-electron chi connectivity index (χ3n) is 3.97. The standard InChI is InChI=1S/C19H20ClN3O4/c1-13(21-19(25)14-6-4-3-5-7-14)10-18(24)22(2)12-15-11-16(23(26)27)8-9-17(15)20/h3-9,11,13H,10,12H2,1-2H3,(H,21,25)/t13-/m0/s1. The summed E-state index contributed by atoms with van der Waals surface area (Å²) in [7, 11) is 1.59. The molecule has 0 aliphatic carbocycles. The van der Waals surface area contributed by atoms with Gasteiger partial charge in [-0.3, -0.25) is 19.7 Å². The molecule has 1 atom stereocenters. The van der Waals surface area contributed by atoms with Crippen molar-refractivity contribution in [1.29, 1.82) is 0 Å². The van der Waals surface area contributed by atoms with Crippen molar-refractivity contribution in [3.8, 4) is 0 Å². The largest absolute Gasteiger partial charge is 0.349 e. The van der Waals surface area contributed by atoms with E-state index in [2.05, 4.69) is 5.32 Å². The minimum atomic E-state index is -0.511. The fourth-order valence-electron chi connectivity index (χ4n) is 2.51. The zero-order chi connectivity index (χ0) is 20.0. The molecule has 0 radical (unpaired) electrons. The molecule has 0 saturated heterocycles. The summed E-state index contributed by atoms with van der Waals surface area (Å²) < 4.78 is 0. The minimum Gasteiger partial charge on any atom is -0.349 e. The summed E-state index contributed by atoms with van der Waals surface area (Å²) in [5.74, 6) is -0.460. The zero-order valence-corrected chi connectivity index (χ0v) is 15.8. The number of nitrogens with zero attached hydrogens (tertiary/aromatic N) is 2. The first-order valence-corrected chi connectivity index (χ1v) is 8.68. The number of amides is 2. The van der Waals surface area contributed by atoms with Crippen LogP contribution in [0.2, 0.25) is 5.02 Å². The lowest BCUT2D eigenvalue weighted by molar-refractivity contribution is -0.384. The van der Waals surface area contributed by atoms with Crippen molar-refractivity contribution in [2.75, 3.05) is 7.05 Å². The summed E-state index contributed by atoms with van der Waals surface area (Å²) in [4.78, 5) is 36.3. The van der Waals surface area contributed by atoms with Crippen LogP contribution in [0.3, 0.4) is 0 Å². The predicted octanol–water partition coefficient (Wildman–Crippen LogP) is 3.42. The molecule has 1 N–H and O–H groups in total. The number of nitrogens with one attached hydrogen (secondary N) is 1. The molecule has 27 heavy (non-hydrogen) atoms. The SMILES string of the molecule is C[C@@H](CC(=O)N(C)Cc1cc([N+](=O)[O-])ccc1Cl)NC(=O)c1ccccc1. The molecule has 7 nitrogen and oxygen atoms in total. The Kier molecular flexibility index (Phi) is 6.90. The lowest BCUT2D eigenvalue weighted by atomic mass is 10.1. The Hall–Kier alpha value is -2.93. The number of carbonyl (C=O) groups is 2. The molecule has 0 heterocycles. The molecule has 0 aromatic heterocycles. The van der Waals surface area contributed by atoms with Gasteiger partial charge in [0.15, 0.2) is 0 Å². The number of hydrogen-bond acceptors (Lipinski definition) is 4. The van der Waals surface area contributed by atoms with Gasteiger partial charge >= 0.3 is 0 Å². The molecular weight excluding hydrogens is 370 g/mol. The van der Waals surface area contributed by atoms with Gasteiger partial charge in [0.1, 0.15) is 0 Å². The minimum absolute atomic E-state index is 0.0845. The van der Waals surface area contributed by atoms with Gasteiger partial charge in [-0.25, -0.2) is 0 Å². The number of halogens is 1. The van der Waals surface area contributed by atoms with Crippen LogP contribution in [0, 0.1) is 10.1 Å². The number of hydrogen-bond donors (Lipinski definition) is 1. The number of nitro groups is 1. The molecule has 0 bridgehead atoms. The van der Waals surface area contributed by atoms with Gasteiger partial charge in [-0.15, -0.1) is 0 Å². The van der Waals surface area contributed by atoms with E-state index in [9.17, 15) is 19.7 Å². The second-order valence-corrected chi connectivity index (χ2v) is 6.63. The second-order valence-electron chi connectivity index (χ2n) is 6.23. The molecule has 2 amide bonds. The lowest BCUT2D eigenvalue weighted by Crippen LogP contribution is -2.37. The fourth-order valence-corrected chi connectivity index (χ4v) is 2.68. The topological polar surface area (TPSA) is 92.6 Å². The quantitative estimate of drug-likeness (QED) is 0.580. The van der Waals surface area contributed by atoms with Crippen molar-refractivity contribution >= 4 is 29.1 Å². The third kappa shape index (κ3) is 5.79. The first-order chi connectivity index (χ1) is 12.8. The first-order valence-electron chi connectivity index (χ1n) is 8.30. The average molecular weight is 390 g/mol. The van der Waals surface area contributed by atoms with Gasteiger partial charge in [0.2, 0.25) is 5.91 Å². The van der Waals surface area contributed by atoms with Gasteiger partial charge in [0.05, 0.1) is 4.92 Å². The summed E-state index contributed by atoms with van der Waals surface area (Å²) in [5, 5.41) is 14.0. The maximum absolute atomic E-state index is 12.4. The van der Waals surface area contributed by atoms with Crippen LogP contribution in [0.25, 0.3) is 0 Å². The van der Waals surface area contributed by atoms with Crippen molar-refractivity contribution in [2.24, 2.45) is 0 Å². The Labute approximate surface area is 162 Å². The van der Waals surface area contributed by atoms with E-state index in [1.807, 2.05) is 6.07 Å². The van der Waals surface area contributed by atoms with Crippen LogP contribution >= 0.6 is 11.6 Å². The van der Waals surface area contributed by atoms with Crippen molar-refractivity contribution in [3.05, 3.63) is 74.8 Å². The Bertz CT molecular complexity index is 842. The number of benzene rings is 2. The smallest absolute Gasteiger partial charge is 0.269 e. The Morgan fingerprint density at radius 2 is 1.89 bits per heavy atom. The molecule has 0 aliphatic heterocycles. The van der Waals surface area contributed by atoms with Crippen molar-refractivity contribution in [1.82, 2.24) is 10.2 Å². The van der Waals surface area contributed by atoms with Crippen LogP contribution in [-0.2, 0) is 11.3 Å². The van der Waals surface area contributed by atoms with Gasteiger partial charge in [-0.2, -0.15) is 0 Å². The van der Waals surface area contributed by atoms with Crippen LogP contribution in [-0.4, -0.2) is 34.7 Å². The Morgan fingerprint density at radius 1 is 1.22 bits per heavy atom. The molecule has 0 aliphatic rings. The predicted molar refractivity (Wildman–Crippen MR) is 103 cm³/mol. The highest BCUT2D eigenvalue weighted by Crippen LogP contribution is 2.23. The van der Waals surface area contributed by atoms with Crippen LogP contribution < -0.4 is 5.32 Å². The fraction of sp³-hybridized carbons (Fsp3) is 0.263. The van der Waals surface area contributed by atoms with E-state index in [0.717, 1.165) is 0 Å². The van der Waals surface area contributed by atoms with E-state index in [0.29, 0.717) is 16.1 Å². The zero-order valence-electron chi connectivity index (χ0n) is 15.0. The van der Waals surface area contributed by atoms with E-state index in [4.69, 9.17) is 11.6 Å². The molecular formula is C19H20ClN3O4. The molecule has 0 saturated carbocycles. The highest BCUT2D eigenvalue weighted by molar-refractivity contribution is 6.31. The molecule has 2 aromatic rings. The normalized spacial score (nSPS) is 11.5. The van der Waals surface area contributed by atoms with Crippen LogP contribution in [0.5, 0.6) is 0 Å². The van der Waals surface area contributed by atoms with E-state index >= 15 is 0 Å². The highest BCUT2D eigenvalue weighted by atomic mass is 35.5. The van der Waals surface area contributed by atoms with Crippen molar-refractivity contribution < 1.29 is 14.5 Å². The number of rotatable bonds is 7. The van der Waals surface area contributed by atoms with Crippen molar-refractivity contribution in [3.63, 3.8) is 0 Å². The summed E-state index contributed by atoms with van der Waals surface area (Å²) in [5.41, 5.74) is 0.926. The van der Waals surface area contributed by atoms with Crippen LogP contribution in [0.4, 0.5) is 5.69 Å². The van der Waals surface area contributed by atoms with Crippen LogP contribution in [0.1, 0.15) is 29.3 Å². The Balaban J connectivity index is 1.94. The summed E-state index contributed by atoms with van der Waals surface area (Å²) in [6.45, 7) is 1.88. The molecule has 0 spiro atoms. The maximum Gasteiger partial charge on any atom is 0.269 e. The first kappa shape index (κ1) is 20.4. The number of carbonyl (C=O) groups excluding carboxylic acids is 2. The number of nitro benzene ring substituents is 1. The third-order valence-corrected chi connectivity index (χ3v) is 4.34. The maximum atomic E-state index is 12.4. The molecule has 2 aromatic carbocycles. The van der Waals surface area contributed by atoms with Gasteiger partial charge in [0.25, 0.3) is 11.6 Å². The second kappa shape index (κ2) is 9.14. The van der Waals surface area contributed by atoms with Gasteiger partial charge in [-0.05, 0) is 30.7 Å². The van der Waals surface area contributed by atoms with Gasteiger partial charge in [-0.1, -0.05) is 29.8 Å². The van der Waals surface area contributed by atoms with Crippen LogP contribution in [0.15, 0.2) is 48.5 Å². The molecule has 8 heteroatoms. The summed E-state index contributed by atoms with van der Waals surface area (Å²) in [6, 6.07) is 12.5. The summed E-state index contributed by atoms with van der Waals surface area (Å²) >= 11 is 6.07. The van der Waals surface area contributed by atoms with E-state index < -0.39 is 4.92 Å². The number of non-ortho nitro benzene ring substituents is 1. The van der Waals surface area contributed by atoms with E-state index in [1.165, 1.54) is 23.1 Å². The highest BCUT2D eigenvalue weighted by Gasteiger charge is 2.18. The van der Waals surface area contributed by atoms with E-state index in [1.54, 1.807) is 38.2 Å². The molecule has 2 rings (SSSR count). The summed E-state index contributed by atoms with van der Waals surface area (Å²) in [6.07, 6.45) is 0.0988. The monoisotopic (exact) mass is 389 g/mol. The van der Waals surface area contributed by atoms with Crippen molar-refractivity contribution in [2.45, 2.75) is 25.9 Å². The van der Waals surface area contributed by atoms with Gasteiger partial charge in [0, 0.05) is 48.8 Å². The molecule has 142 valence electrons.